The number of carboxylic acids is 1. The molecule has 0 fully saturated rings. The summed E-state index contributed by atoms with van der Waals surface area (Å²) in [5.74, 6) is -0.617. The highest BCUT2D eigenvalue weighted by atomic mass is 16.4. The molecular formula is C10H15N3O3. The Morgan fingerprint density at radius 3 is 2.81 bits per heavy atom. The van der Waals surface area contributed by atoms with Crippen molar-refractivity contribution in [2.45, 2.75) is 32.6 Å². The maximum Gasteiger partial charge on any atom is 0.303 e. The first-order valence-corrected chi connectivity index (χ1v) is 5.17. The maximum atomic E-state index is 11.3. The van der Waals surface area contributed by atoms with Crippen LogP contribution < -0.4 is 5.32 Å². The Balaban J connectivity index is 2.31. The summed E-state index contributed by atoms with van der Waals surface area (Å²) in [5.41, 5.74) is 0.945. The maximum absolute atomic E-state index is 11.3. The van der Waals surface area contributed by atoms with Gasteiger partial charge in [-0.05, 0) is 12.8 Å². The molecule has 1 aromatic heterocycles. The summed E-state index contributed by atoms with van der Waals surface area (Å²) >= 11 is 0. The molecule has 0 aliphatic heterocycles. The first kappa shape index (κ1) is 12.2. The largest absolute Gasteiger partial charge is 0.481 e. The Hall–Kier alpha value is -1.85. The molecule has 3 N–H and O–H groups in total. The molecule has 0 saturated carbocycles. The zero-order valence-electron chi connectivity index (χ0n) is 9.12. The van der Waals surface area contributed by atoms with E-state index in [2.05, 4.69) is 15.5 Å². The van der Waals surface area contributed by atoms with Crippen LogP contribution in [0, 0.1) is 0 Å². The van der Waals surface area contributed by atoms with E-state index in [0.29, 0.717) is 12.2 Å². The Labute approximate surface area is 93.1 Å². The monoisotopic (exact) mass is 225 g/mol. The Bertz CT molecular complexity index is 373. The highest BCUT2D eigenvalue weighted by Gasteiger charge is 2.06. The fraction of sp³-hybridized carbons (Fsp3) is 0.500. The van der Waals surface area contributed by atoms with E-state index in [4.69, 9.17) is 5.11 Å². The number of hydrogen-bond donors (Lipinski definition) is 3. The Kier molecular flexibility index (Phi) is 4.50. The van der Waals surface area contributed by atoms with Gasteiger partial charge in [0, 0.05) is 24.6 Å². The number of hydrogen-bond acceptors (Lipinski definition) is 3. The number of H-pyrrole nitrogens is 1. The zero-order chi connectivity index (χ0) is 12.0. The van der Waals surface area contributed by atoms with Gasteiger partial charge in [-0.2, -0.15) is 5.10 Å². The predicted molar refractivity (Wildman–Crippen MR) is 58.1 cm³/mol. The highest BCUT2D eigenvalue weighted by molar-refractivity contribution is 5.89. The van der Waals surface area contributed by atoms with Crippen LogP contribution in [0.4, 0.5) is 5.82 Å². The third kappa shape index (κ3) is 4.12. The van der Waals surface area contributed by atoms with Gasteiger partial charge in [-0.1, -0.05) is 6.92 Å². The van der Waals surface area contributed by atoms with Crippen LogP contribution in [0.25, 0.3) is 0 Å². The minimum absolute atomic E-state index is 0.00813. The van der Waals surface area contributed by atoms with Gasteiger partial charge in [-0.3, -0.25) is 14.7 Å². The lowest BCUT2D eigenvalue weighted by atomic mass is 10.2. The molecule has 0 saturated heterocycles. The van der Waals surface area contributed by atoms with E-state index in [1.807, 2.05) is 6.92 Å². The van der Waals surface area contributed by atoms with Crippen molar-refractivity contribution in [1.29, 1.82) is 0 Å². The van der Waals surface area contributed by atoms with Gasteiger partial charge in [0.25, 0.3) is 0 Å². The van der Waals surface area contributed by atoms with E-state index in [1.165, 1.54) is 0 Å². The molecule has 1 heterocycles. The molecule has 0 radical (unpaired) electrons. The van der Waals surface area contributed by atoms with Crippen molar-refractivity contribution >= 4 is 17.7 Å². The molecule has 0 unspecified atom stereocenters. The van der Waals surface area contributed by atoms with Crippen LogP contribution in [-0.4, -0.2) is 27.2 Å². The molecule has 1 amide bonds. The molecule has 88 valence electrons. The van der Waals surface area contributed by atoms with E-state index >= 15 is 0 Å². The summed E-state index contributed by atoms with van der Waals surface area (Å²) in [4.78, 5) is 21.6. The zero-order valence-corrected chi connectivity index (χ0v) is 9.12. The fourth-order valence-corrected chi connectivity index (χ4v) is 1.21. The molecule has 0 aliphatic carbocycles. The SMILES string of the molecule is CCc1cc(NC(=O)CCCC(=O)O)n[nH]1. The molecular weight excluding hydrogens is 210 g/mol. The third-order valence-electron chi connectivity index (χ3n) is 2.07. The second-order valence-electron chi connectivity index (χ2n) is 3.43. The number of aromatic amines is 1. The molecule has 6 heteroatoms. The molecule has 0 aromatic carbocycles. The lowest BCUT2D eigenvalue weighted by molar-refractivity contribution is -0.137. The number of rotatable bonds is 6. The van der Waals surface area contributed by atoms with Gasteiger partial charge in [0.2, 0.25) is 5.91 Å². The lowest BCUT2D eigenvalue weighted by Gasteiger charge is -1.99. The normalized spacial score (nSPS) is 10.1. The van der Waals surface area contributed by atoms with Gasteiger partial charge in [0.15, 0.2) is 5.82 Å². The summed E-state index contributed by atoms with van der Waals surface area (Å²) in [6.07, 6.45) is 1.36. The van der Waals surface area contributed by atoms with Crippen molar-refractivity contribution in [3.8, 4) is 0 Å². The van der Waals surface area contributed by atoms with Crippen LogP contribution >= 0.6 is 0 Å². The Morgan fingerprint density at radius 1 is 1.50 bits per heavy atom. The highest BCUT2D eigenvalue weighted by Crippen LogP contribution is 2.07. The van der Waals surface area contributed by atoms with Crippen LogP contribution in [-0.2, 0) is 16.0 Å². The van der Waals surface area contributed by atoms with E-state index in [0.717, 1.165) is 12.1 Å². The van der Waals surface area contributed by atoms with E-state index in [9.17, 15) is 9.59 Å². The van der Waals surface area contributed by atoms with Gasteiger partial charge in [0.05, 0.1) is 0 Å². The third-order valence-corrected chi connectivity index (χ3v) is 2.07. The number of amides is 1. The summed E-state index contributed by atoms with van der Waals surface area (Å²) in [7, 11) is 0. The van der Waals surface area contributed by atoms with Crippen LogP contribution in [0.1, 0.15) is 31.9 Å². The summed E-state index contributed by atoms with van der Waals surface area (Å²) in [6, 6.07) is 1.76. The van der Waals surface area contributed by atoms with Crippen LogP contribution in [0.3, 0.4) is 0 Å². The smallest absolute Gasteiger partial charge is 0.303 e. The number of aromatic nitrogens is 2. The lowest BCUT2D eigenvalue weighted by Crippen LogP contribution is -2.12. The van der Waals surface area contributed by atoms with Gasteiger partial charge < -0.3 is 10.4 Å². The topological polar surface area (TPSA) is 95.1 Å². The number of carbonyl (C=O) groups is 2. The van der Waals surface area contributed by atoms with Crippen LogP contribution in [0.2, 0.25) is 0 Å². The van der Waals surface area contributed by atoms with Crippen molar-refractivity contribution in [2.24, 2.45) is 0 Å². The molecule has 1 aromatic rings. The molecule has 0 bridgehead atoms. The number of carboxylic acid groups (broad SMARTS) is 1. The number of aryl methyl sites for hydroxylation is 1. The van der Waals surface area contributed by atoms with Crippen molar-refractivity contribution in [3.05, 3.63) is 11.8 Å². The van der Waals surface area contributed by atoms with Gasteiger partial charge in [-0.25, -0.2) is 0 Å². The first-order valence-electron chi connectivity index (χ1n) is 5.17. The molecule has 0 spiro atoms. The van der Waals surface area contributed by atoms with Crippen molar-refractivity contribution < 1.29 is 14.7 Å². The minimum atomic E-state index is -0.888. The number of nitrogens with zero attached hydrogens (tertiary/aromatic N) is 1. The number of aliphatic carboxylic acids is 1. The molecule has 16 heavy (non-hydrogen) atoms. The van der Waals surface area contributed by atoms with Crippen LogP contribution in [0.5, 0.6) is 0 Å². The summed E-state index contributed by atoms with van der Waals surface area (Å²) < 4.78 is 0. The predicted octanol–water partition coefficient (Wildman–Crippen LogP) is 1.17. The van der Waals surface area contributed by atoms with Crippen molar-refractivity contribution in [1.82, 2.24) is 10.2 Å². The average molecular weight is 225 g/mol. The number of carbonyl (C=O) groups excluding carboxylic acids is 1. The molecule has 1 rings (SSSR count). The van der Waals surface area contributed by atoms with Crippen molar-refractivity contribution in [2.75, 3.05) is 5.32 Å². The van der Waals surface area contributed by atoms with E-state index in [1.54, 1.807) is 6.07 Å². The average Bonchev–Trinajstić information content (AvgIpc) is 2.65. The second-order valence-corrected chi connectivity index (χ2v) is 3.43. The standard InChI is InChI=1S/C10H15N3O3/c1-2-7-6-8(13-12-7)11-9(14)4-3-5-10(15)16/h6H,2-5H2,1H3,(H,15,16)(H2,11,12,13,14). The molecule has 6 nitrogen and oxygen atoms in total. The van der Waals surface area contributed by atoms with Gasteiger partial charge in [0.1, 0.15) is 0 Å². The number of anilines is 1. The first-order chi connectivity index (χ1) is 7.61. The quantitative estimate of drug-likeness (QED) is 0.677. The van der Waals surface area contributed by atoms with Crippen molar-refractivity contribution in [3.63, 3.8) is 0 Å². The number of nitrogens with one attached hydrogen (secondary N) is 2. The van der Waals surface area contributed by atoms with E-state index < -0.39 is 5.97 Å². The fourth-order valence-electron chi connectivity index (χ4n) is 1.21. The van der Waals surface area contributed by atoms with Gasteiger partial charge >= 0.3 is 5.97 Å². The molecule has 0 atom stereocenters. The second kappa shape index (κ2) is 5.89. The van der Waals surface area contributed by atoms with E-state index in [-0.39, 0.29) is 18.7 Å². The minimum Gasteiger partial charge on any atom is -0.481 e. The van der Waals surface area contributed by atoms with Gasteiger partial charge in [-0.15, -0.1) is 0 Å². The molecule has 0 aliphatic rings. The Morgan fingerprint density at radius 2 is 2.25 bits per heavy atom. The van der Waals surface area contributed by atoms with Crippen LogP contribution in [0.15, 0.2) is 6.07 Å². The summed E-state index contributed by atoms with van der Waals surface area (Å²) in [6.45, 7) is 1.98. The summed E-state index contributed by atoms with van der Waals surface area (Å²) in [5, 5.41) is 17.7.